The molecule has 1 N–H and O–H groups in total. The topological polar surface area (TPSA) is 41.6 Å². The average molecular weight is 298 g/mol. The third-order valence-electron chi connectivity index (χ3n) is 4.92. The van der Waals surface area contributed by atoms with Gasteiger partial charge in [-0.15, -0.1) is 0 Å². The van der Waals surface area contributed by atoms with Crippen molar-refractivity contribution in [2.24, 2.45) is 0 Å². The van der Waals surface area contributed by atoms with E-state index in [4.69, 9.17) is 4.74 Å². The molecule has 1 fully saturated rings. The van der Waals surface area contributed by atoms with Gasteiger partial charge in [-0.3, -0.25) is 9.69 Å². The van der Waals surface area contributed by atoms with Gasteiger partial charge in [-0.25, -0.2) is 0 Å². The van der Waals surface area contributed by atoms with Crippen LogP contribution in [-0.4, -0.2) is 48.7 Å². The molecule has 1 saturated heterocycles. The van der Waals surface area contributed by atoms with Crippen molar-refractivity contribution in [2.45, 2.75) is 83.8 Å². The molecule has 0 aromatic heterocycles. The molecule has 0 spiro atoms. The number of hydrogen-bond acceptors (Lipinski definition) is 4. The summed E-state index contributed by atoms with van der Waals surface area (Å²) in [5.74, 6) is -0.149. The molecule has 0 bridgehead atoms. The maximum Gasteiger partial charge on any atom is 0.325 e. The number of ether oxygens (including phenoxy) is 1. The molecule has 1 aliphatic rings. The number of esters is 1. The van der Waals surface area contributed by atoms with Gasteiger partial charge in [0.05, 0.1) is 7.11 Å². The van der Waals surface area contributed by atoms with Gasteiger partial charge in [0.2, 0.25) is 0 Å². The molecule has 0 radical (unpaired) electrons. The average Bonchev–Trinajstić information content (AvgIpc) is 2.45. The van der Waals surface area contributed by atoms with Crippen LogP contribution in [0.25, 0.3) is 0 Å². The van der Waals surface area contributed by atoms with Gasteiger partial charge in [-0.1, -0.05) is 13.3 Å². The quantitative estimate of drug-likeness (QED) is 0.552. The van der Waals surface area contributed by atoms with Crippen LogP contribution in [0.15, 0.2) is 0 Å². The van der Waals surface area contributed by atoms with Gasteiger partial charge in [0.15, 0.2) is 0 Å². The number of nitrogens with zero attached hydrogens (tertiary/aromatic N) is 1. The highest BCUT2D eigenvalue weighted by molar-refractivity contribution is 5.80. The van der Waals surface area contributed by atoms with Gasteiger partial charge >= 0.3 is 5.97 Å². The maximum atomic E-state index is 11.9. The van der Waals surface area contributed by atoms with E-state index >= 15 is 0 Å². The summed E-state index contributed by atoms with van der Waals surface area (Å²) >= 11 is 0. The second-order valence-electron chi connectivity index (χ2n) is 6.68. The van der Waals surface area contributed by atoms with Gasteiger partial charge in [-0.2, -0.15) is 0 Å². The Morgan fingerprint density at radius 3 is 2.43 bits per heavy atom. The van der Waals surface area contributed by atoms with Crippen molar-refractivity contribution < 1.29 is 9.53 Å². The van der Waals surface area contributed by atoms with E-state index in [-0.39, 0.29) is 5.97 Å². The summed E-state index contributed by atoms with van der Waals surface area (Å²) in [6.45, 7) is 10.6. The van der Waals surface area contributed by atoms with Crippen LogP contribution >= 0.6 is 0 Å². The molecule has 124 valence electrons. The lowest BCUT2D eigenvalue weighted by atomic mass is 9.93. The zero-order valence-corrected chi connectivity index (χ0v) is 14.6. The molecule has 0 aromatic rings. The first-order valence-electron chi connectivity index (χ1n) is 8.53. The second kappa shape index (κ2) is 8.74. The van der Waals surface area contributed by atoms with Crippen LogP contribution in [0.4, 0.5) is 0 Å². The lowest BCUT2D eigenvalue weighted by molar-refractivity contribution is -0.148. The Bertz CT molecular complexity index is 312. The summed E-state index contributed by atoms with van der Waals surface area (Å²) in [4.78, 5) is 14.6. The van der Waals surface area contributed by atoms with Gasteiger partial charge < -0.3 is 10.1 Å². The highest BCUT2D eigenvalue weighted by Gasteiger charge is 2.32. The zero-order valence-electron chi connectivity index (χ0n) is 14.6. The van der Waals surface area contributed by atoms with Crippen molar-refractivity contribution in [3.63, 3.8) is 0 Å². The predicted octanol–water partition coefficient (Wildman–Crippen LogP) is 2.96. The molecule has 3 unspecified atom stereocenters. The molecule has 0 amide bonds. The lowest BCUT2D eigenvalue weighted by Crippen LogP contribution is -2.50. The predicted molar refractivity (Wildman–Crippen MR) is 87.4 cm³/mol. The van der Waals surface area contributed by atoms with Gasteiger partial charge in [0.1, 0.15) is 5.54 Å². The summed E-state index contributed by atoms with van der Waals surface area (Å²) in [5.41, 5.74) is -0.539. The van der Waals surface area contributed by atoms with Crippen molar-refractivity contribution in [1.29, 1.82) is 0 Å². The number of rotatable bonds is 8. The number of likely N-dealkylation sites (tertiary alicyclic amines) is 1. The normalized spacial score (nSPS) is 26.3. The summed E-state index contributed by atoms with van der Waals surface area (Å²) < 4.78 is 4.94. The highest BCUT2D eigenvalue weighted by Crippen LogP contribution is 2.23. The number of methoxy groups -OCH3 is 1. The van der Waals surface area contributed by atoms with Crippen molar-refractivity contribution >= 4 is 5.97 Å². The van der Waals surface area contributed by atoms with Crippen LogP contribution in [0.3, 0.4) is 0 Å². The Balaban J connectivity index is 2.38. The van der Waals surface area contributed by atoms with Crippen LogP contribution in [0.5, 0.6) is 0 Å². The molecule has 4 nitrogen and oxygen atoms in total. The number of hydrogen-bond donors (Lipinski definition) is 1. The van der Waals surface area contributed by atoms with Crippen LogP contribution in [0.2, 0.25) is 0 Å². The van der Waals surface area contributed by atoms with Gasteiger partial charge in [0, 0.05) is 12.1 Å². The minimum absolute atomic E-state index is 0.149. The standard InChI is InChI=1S/C17H34N2O2/c1-6-18-17(4,16(20)21-5)12-7-8-13-19-14(2)10-9-11-15(19)3/h14-15,18H,6-13H2,1-5H3. The largest absolute Gasteiger partial charge is 0.468 e. The Kier molecular flexibility index (Phi) is 7.67. The molecular formula is C17H34N2O2. The van der Waals surface area contributed by atoms with Crippen molar-refractivity contribution in [2.75, 3.05) is 20.2 Å². The Hall–Kier alpha value is -0.610. The monoisotopic (exact) mass is 298 g/mol. The number of unbranched alkanes of at least 4 members (excludes halogenated alkanes) is 1. The number of nitrogens with one attached hydrogen (secondary N) is 1. The van der Waals surface area contributed by atoms with Gasteiger partial charge in [0.25, 0.3) is 0 Å². The molecule has 1 aliphatic heterocycles. The summed E-state index contributed by atoms with van der Waals surface area (Å²) in [7, 11) is 1.47. The summed E-state index contributed by atoms with van der Waals surface area (Å²) in [5, 5.41) is 3.28. The number of carbonyl (C=O) groups is 1. The first-order chi connectivity index (χ1) is 9.94. The summed E-state index contributed by atoms with van der Waals surface area (Å²) in [6.07, 6.45) is 7.04. The van der Waals surface area contributed by atoms with E-state index in [0.29, 0.717) is 12.1 Å². The summed E-state index contributed by atoms with van der Waals surface area (Å²) in [6, 6.07) is 1.41. The molecule has 3 atom stereocenters. The van der Waals surface area contributed by atoms with E-state index in [1.54, 1.807) is 0 Å². The van der Waals surface area contributed by atoms with Crippen LogP contribution in [-0.2, 0) is 9.53 Å². The first kappa shape index (κ1) is 18.4. The smallest absolute Gasteiger partial charge is 0.325 e. The SMILES string of the molecule is CCNC(C)(CCCCN1C(C)CCCC1C)C(=O)OC. The Morgan fingerprint density at radius 2 is 1.90 bits per heavy atom. The zero-order chi connectivity index (χ0) is 15.9. The van der Waals surface area contributed by atoms with E-state index in [2.05, 4.69) is 24.1 Å². The van der Waals surface area contributed by atoms with Crippen molar-refractivity contribution in [3.05, 3.63) is 0 Å². The molecule has 0 aliphatic carbocycles. The highest BCUT2D eigenvalue weighted by atomic mass is 16.5. The number of carbonyl (C=O) groups excluding carboxylic acids is 1. The lowest BCUT2D eigenvalue weighted by Gasteiger charge is -2.39. The number of likely N-dealkylation sites (N-methyl/N-ethyl adjacent to an activating group) is 1. The molecule has 4 heteroatoms. The molecule has 21 heavy (non-hydrogen) atoms. The Labute approximate surface area is 130 Å². The molecule has 1 rings (SSSR count). The third-order valence-corrected chi connectivity index (χ3v) is 4.92. The van der Waals surface area contributed by atoms with E-state index in [0.717, 1.165) is 32.4 Å². The van der Waals surface area contributed by atoms with E-state index in [9.17, 15) is 4.79 Å². The van der Waals surface area contributed by atoms with E-state index in [1.165, 1.54) is 26.4 Å². The fourth-order valence-electron chi connectivity index (χ4n) is 3.57. The fourth-order valence-corrected chi connectivity index (χ4v) is 3.57. The van der Waals surface area contributed by atoms with Crippen LogP contribution in [0, 0.1) is 0 Å². The number of piperidine rings is 1. The van der Waals surface area contributed by atoms with Crippen LogP contribution in [0.1, 0.15) is 66.2 Å². The molecule has 0 aromatic carbocycles. The van der Waals surface area contributed by atoms with E-state index in [1.807, 2.05) is 13.8 Å². The molecule has 1 heterocycles. The molecule has 0 saturated carbocycles. The van der Waals surface area contributed by atoms with Crippen molar-refractivity contribution in [1.82, 2.24) is 10.2 Å². The van der Waals surface area contributed by atoms with Crippen LogP contribution < -0.4 is 5.32 Å². The fraction of sp³-hybridized carbons (Fsp3) is 0.941. The third kappa shape index (κ3) is 5.26. The first-order valence-corrected chi connectivity index (χ1v) is 8.53. The van der Waals surface area contributed by atoms with Gasteiger partial charge in [-0.05, 0) is 66.0 Å². The van der Waals surface area contributed by atoms with Crippen molar-refractivity contribution in [3.8, 4) is 0 Å². The maximum absolute atomic E-state index is 11.9. The second-order valence-corrected chi connectivity index (χ2v) is 6.68. The Morgan fingerprint density at radius 1 is 1.29 bits per heavy atom. The minimum Gasteiger partial charge on any atom is -0.468 e. The molecular weight excluding hydrogens is 264 g/mol. The van der Waals surface area contributed by atoms with E-state index < -0.39 is 5.54 Å². The minimum atomic E-state index is -0.539.